The fraction of sp³-hybridized carbons (Fsp3) is 0.500. The highest BCUT2D eigenvalue weighted by atomic mass is 32.1. The molecule has 1 unspecified atom stereocenters. The maximum Gasteiger partial charge on any atom is 0.104 e. The van der Waals surface area contributed by atoms with Crippen molar-refractivity contribution in [3.63, 3.8) is 0 Å². The summed E-state index contributed by atoms with van der Waals surface area (Å²) >= 11 is 1.47. The lowest BCUT2D eigenvalue weighted by Gasteiger charge is -2.01. The van der Waals surface area contributed by atoms with Gasteiger partial charge in [0.2, 0.25) is 0 Å². The minimum atomic E-state index is -0.542. The molecule has 64 valence electrons. The second-order valence-electron chi connectivity index (χ2n) is 2.19. The van der Waals surface area contributed by atoms with Crippen LogP contribution in [0, 0.1) is 6.92 Å². The molecule has 1 N–H and O–H groups in total. The molecule has 0 aliphatic heterocycles. The Labute approximate surface area is 73.3 Å². The van der Waals surface area contributed by atoms with Gasteiger partial charge in [-0.3, -0.25) is 0 Å². The van der Waals surface area contributed by atoms with Crippen molar-refractivity contribution in [3.8, 4) is 0 Å². The molecule has 0 aliphatic carbocycles. The van der Waals surface area contributed by atoms with E-state index >= 15 is 0 Å². The second-order valence-corrected chi connectivity index (χ2v) is 3.26. The lowest BCUT2D eigenvalue weighted by molar-refractivity contribution is 0.266. The van der Waals surface area contributed by atoms with Gasteiger partial charge in [-0.15, -0.1) is 11.3 Å². The molecule has 0 saturated heterocycles. The summed E-state index contributed by atoms with van der Waals surface area (Å²) < 4.78 is 0. The Kier molecular flexibility index (Phi) is 3.04. The number of aromatic nitrogens is 1. The predicted octanol–water partition coefficient (Wildman–Crippen LogP) is 1.80. The number of hydrogen-bond acceptors (Lipinski definition) is 4. The molecule has 0 spiro atoms. The summed E-state index contributed by atoms with van der Waals surface area (Å²) in [5.74, 6) is 0. The van der Waals surface area contributed by atoms with Gasteiger partial charge in [0.25, 0.3) is 0 Å². The summed E-state index contributed by atoms with van der Waals surface area (Å²) in [6.45, 7) is 1.66. The van der Waals surface area contributed by atoms with E-state index in [0.29, 0.717) is 5.69 Å². The third-order valence-electron chi connectivity index (χ3n) is 1.34. The van der Waals surface area contributed by atoms with Crippen molar-refractivity contribution >= 4 is 11.3 Å². The first kappa shape index (κ1) is 8.99. The zero-order chi connectivity index (χ0) is 8.97. The Balaban J connectivity index is 2.86. The smallest absolute Gasteiger partial charge is 0.104 e. The molecule has 0 bridgehead atoms. The average molecular weight is 184 g/mol. The Hall–Kier alpha value is -1.10. The summed E-state index contributed by atoms with van der Waals surface area (Å²) in [4.78, 5) is 6.72. The largest absolute Gasteiger partial charge is 0.396 e. The summed E-state index contributed by atoms with van der Waals surface area (Å²) in [7, 11) is 0. The number of thiazole rings is 1. The van der Waals surface area contributed by atoms with E-state index in [1.54, 1.807) is 5.38 Å². The van der Waals surface area contributed by atoms with Crippen LogP contribution in [0.25, 0.3) is 10.4 Å². The number of aryl methyl sites for hydroxylation is 1. The van der Waals surface area contributed by atoms with Gasteiger partial charge in [0, 0.05) is 10.3 Å². The number of aliphatic hydroxyl groups is 1. The van der Waals surface area contributed by atoms with Crippen LogP contribution >= 0.6 is 11.3 Å². The van der Waals surface area contributed by atoms with Gasteiger partial charge in [-0.25, -0.2) is 4.98 Å². The zero-order valence-corrected chi connectivity index (χ0v) is 7.32. The lowest BCUT2D eigenvalue weighted by Crippen LogP contribution is -2.00. The first-order valence-corrected chi connectivity index (χ1v) is 4.23. The van der Waals surface area contributed by atoms with Gasteiger partial charge < -0.3 is 5.11 Å². The molecule has 0 amide bonds. The third-order valence-corrected chi connectivity index (χ3v) is 2.13. The molecule has 0 saturated carbocycles. The van der Waals surface area contributed by atoms with Crippen molar-refractivity contribution in [3.05, 3.63) is 26.5 Å². The average Bonchev–Trinajstić information content (AvgIpc) is 2.47. The fourth-order valence-electron chi connectivity index (χ4n) is 0.785. The van der Waals surface area contributed by atoms with Gasteiger partial charge in [0.05, 0.1) is 17.3 Å². The van der Waals surface area contributed by atoms with E-state index in [1.165, 1.54) is 11.3 Å². The van der Waals surface area contributed by atoms with Gasteiger partial charge in [0.15, 0.2) is 0 Å². The summed E-state index contributed by atoms with van der Waals surface area (Å²) in [5.41, 5.74) is 8.80. The number of hydrogen-bond donors (Lipinski definition) is 1. The highest BCUT2D eigenvalue weighted by Crippen LogP contribution is 2.18. The van der Waals surface area contributed by atoms with Gasteiger partial charge >= 0.3 is 0 Å². The van der Waals surface area contributed by atoms with Crippen molar-refractivity contribution in [1.82, 2.24) is 4.98 Å². The van der Waals surface area contributed by atoms with E-state index in [9.17, 15) is 0 Å². The van der Waals surface area contributed by atoms with Crippen LogP contribution in [0.5, 0.6) is 0 Å². The first-order chi connectivity index (χ1) is 5.77. The zero-order valence-electron chi connectivity index (χ0n) is 6.51. The van der Waals surface area contributed by atoms with E-state index in [0.717, 1.165) is 5.01 Å². The monoisotopic (exact) mass is 184 g/mol. The first-order valence-electron chi connectivity index (χ1n) is 3.35. The van der Waals surface area contributed by atoms with E-state index in [1.807, 2.05) is 6.92 Å². The van der Waals surface area contributed by atoms with Gasteiger partial charge in [-0.1, -0.05) is 5.11 Å². The summed E-state index contributed by atoms with van der Waals surface area (Å²) in [6.07, 6.45) is 0. The molecule has 0 radical (unpaired) electrons. The standard InChI is InChI=1S/C6H8N4OS/c1-4-8-6(3-12-4)5(2-11)9-10-7/h3,5,11H,2H2,1H3. The quantitative estimate of drug-likeness (QED) is 0.441. The molecule has 1 atom stereocenters. The van der Waals surface area contributed by atoms with E-state index in [-0.39, 0.29) is 6.61 Å². The molecule has 1 heterocycles. The minimum absolute atomic E-state index is 0.201. The van der Waals surface area contributed by atoms with Crippen LogP contribution in [-0.2, 0) is 0 Å². The molecule has 0 aliphatic rings. The Morgan fingerprint density at radius 1 is 1.92 bits per heavy atom. The second kappa shape index (κ2) is 4.06. The van der Waals surface area contributed by atoms with Crippen LogP contribution in [-0.4, -0.2) is 16.7 Å². The van der Waals surface area contributed by atoms with Crippen LogP contribution in [0.2, 0.25) is 0 Å². The fourth-order valence-corrected chi connectivity index (χ4v) is 1.44. The highest BCUT2D eigenvalue weighted by molar-refractivity contribution is 7.09. The van der Waals surface area contributed by atoms with Gasteiger partial charge in [-0.2, -0.15) is 0 Å². The number of nitrogens with zero attached hydrogens (tertiary/aromatic N) is 4. The maximum absolute atomic E-state index is 8.82. The van der Waals surface area contributed by atoms with Crippen LogP contribution < -0.4 is 0 Å². The molecule has 1 rings (SSSR count). The highest BCUT2D eigenvalue weighted by Gasteiger charge is 2.10. The Morgan fingerprint density at radius 3 is 3.08 bits per heavy atom. The van der Waals surface area contributed by atoms with Crippen molar-refractivity contribution in [2.75, 3.05) is 6.61 Å². The normalized spacial score (nSPS) is 12.2. The summed E-state index contributed by atoms with van der Waals surface area (Å²) in [6, 6.07) is -0.542. The van der Waals surface area contributed by atoms with Gasteiger partial charge in [0.1, 0.15) is 6.04 Å². The molecule has 0 fully saturated rings. The topological polar surface area (TPSA) is 81.9 Å². The molecule has 0 aromatic carbocycles. The van der Waals surface area contributed by atoms with E-state index in [4.69, 9.17) is 10.6 Å². The third kappa shape index (κ3) is 1.94. The summed E-state index contributed by atoms with van der Waals surface area (Å²) in [5, 5.41) is 14.9. The van der Waals surface area contributed by atoms with Crippen LogP contribution in [0.4, 0.5) is 0 Å². The molecular formula is C6H8N4OS. The van der Waals surface area contributed by atoms with Gasteiger partial charge in [-0.05, 0) is 12.5 Å². The van der Waals surface area contributed by atoms with Crippen molar-refractivity contribution in [2.45, 2.75) is 13.0 Å². The van der Waals surface area contributed by atoms with E-state index < -0.39 is 6.04 Å². The number of azide groups is 1. The Morgan fingerprint density at radius 2 is 2.67 bits per heavy atom. The van der Waals surface area contributed by atoms with Crippen LogP contribution in [0.15, 0.2) is 10.5 Å². The van der Waals surface area contributed by atoms with Crippen molar-refractivity contribution in [1.29, 1.82) is 0 Å². The molecule has 1 aromatic rings. The molecule has 12 heavy (non-hydrogen) atoms. The molecular weight excluding hydrogens is 176 g/mol. The molecule has 1 aromatic heterocycles. The van der Waals surface area contributed by atoms with Crippen molar-refractivity contribution < 1.29 is 5.11 Å². The number of aliphatic hydroxyl groups excluding tert-OH is 1. The maximum atomic E-state index is 8.82. The predicted molar refractivity (Wildman–Crippen MR) is 45.8 cm³/mol. The Bertz CT molecular complexity index is 304. The molecule has 5 nitrogen and oxygen atoms in total. The minimum Gasteiger partial charge on any atom is -0.396 e. The number of rotatable bonds is 3. The van der Waals surface area contributed by atoms with Crippen LogP contribution in [0.3, 0.4) is 0 Å². The van der Waals surface area contributed by atoms with Crippen LogP contribution in [0.1, 0.15) is 16.7 Å². The lowest BCUT2D eigenvalue weighted by atomic mass is 10.3. The van der Waals surface area contributed by atoms with E-state index in [2.05, 4.69) is 15.0 Å². The molecule has 6 heteroatoms. The van der Waals surface area contributed by atoms with Crippen molar-refractivity contribution in [2.24, 2.45) is 5.11 Å². The SMILES string of the molecule is Cc1nc(C(CO)N=[N+]=[N-])cs1.